The van der Waals surface area contributed by atoms with Crippen LogP contribution >= 0.6 is 0 Å². The van der Waals surface area contributed by atoms with Crippen LogP contribution in [0.25, 0.3) is 0 Å². The minimum Gasteiger partial charge on any atom is -0.353 e. The summed E-state index contributed by atoms with van der Waals surface area (Å²) < 4.78 is 26.4. The fourth-order valence-electron chi connectivity index (χ4n) is 2.26. The zero-order chi connectivity index (χ0) is 12.3. The van der Waals surface area contributed by atoms with Gasteiger partial charge in [-0.3, -0.25) is 0 Å². The molecule has 1 saturated heterocycles. The van der Waals surface area contributed by atoms with Crippen LogP contribution in [0.1, 0.15) is 19.8 Å². The Bertz CT molecular complexity index is 382. The quantitative estimate of drug-likeness (QED) is 0.876. The first-order valence-electron chi connectivity index (χ1n) is 6.00. The Kier molecular flexibility index (Phi) is 3.89. The number of piperidine rings is 1. The molecule has 1 aromatic rings. The smallest absolute Gasteiger partial charge is 0.168 e. The molecule has 0 spiro atoms. The molecular formula is C12H17F2N3. The fraction of sp³-hybridized carbons (Fsp3) is 0.583. The zero-order valence-corrected chi connectivity index (χ0v) is 9.92. The van der Waals surface area contributed by atoms with Crippen LogP contribution in [0.5, 0.6) is 0 Å². The summed E-state index contributed by atoms with van der Waals surface area (Å²) in [5, 5.41) is 3.35. The van der Waals surface area contributed by atoms with Crippen molar-refractivity contribution < 1.29 is 8.78 Å². The molecule has 1 atom stereocenters. The largest absolute Gasteiger partial charge is 0.353 e. The molecule has 5 heteroatoms. The van der Waals surface area contributed by atoms with Crippen molar-refractivity contribution in [2.24, 2.45) is 0 Å². The monoisotopic (exact) mass is 241 g/mol. The summed E-state index contributed by atoms with van der Waals surface area (Å²) in [6.45, 7) is 4.45. The van der Waals surface area contributed by atoms with E-state index in [4.69, 9.17) is 0 Å². The molecule has 0 aromatic carbocycles. The lowest BCUT2D eigenvalue weighted by molar-refractivity contribution is 0.425. The highest BCUT2D eigenvalue weighted by molar-refractivity contribution is 5.40. The van der Waals surface area contributed by atoms with Gasteiger partial charge in [-0.1, -0.05) is 6.92 Å². The summed E-state index contributed by atoms with van der Waals surface area (Å²) >= 11 is 0. The number of aromatic nitrogens is 1. The lowest BCUT2D eigenvalue weighted by Gasteiger charge is -2.34. The molecule has 1 aliphatic rings. The molecule has 2 rings (SSSR count). The number of hydrogen-bond donors (Lipinski definition) is 1. The summed E-state index contributed by atoms with van der Waals surface area (Å²) in [7, 11) is 0. The van der Waals surface area contributed by atoms with E-state index in [1.165, 1.54) is 0 Å². The third-order valence-corrected chi connectivity index (χ3v) is 3.00. The van der Waals surface area contributed by atoms with Gasteiger partial charge >= 0.3 is 0 Å². The Labute approximate surface area is 99.8 Å². The third kappa shape index (κ3) is 2.91. The highest BCUT2D eigenvalue weighted by Crippen LogP contribution is 2.21. The van der Waals surface area contributed by atoms with Crippen molar-refractivity contribution in [3.8, 4) is 0 Å². The Morgan fingerprint density at radius 3 is 3.06 bits per heavy atom. The molecule has 1 aromatic heterocycles. The van der Waals surface area contributed by atoms with Crippen LogP contribution in [-0.2, 0) is 0 Å². The minimum atomic E-state index is -0.633. The van der Waals surface area contributed by atoms with Gasteiger partial charge in [0.25, 0.3) is 0 Å². The average molecular weight is 241 g/mol. The van der Waals surface area contributed by atoms with Crippen LogP contribution in [0, 0.1) is 11.6 Å². The lowest BCUT2D eigenvalue weighted by atomic mass is 10.1. The van der Waals surface area contributed by atoms with Crippen molar-refractivity contribution in [2.45, 2.75) is 25.8 Å². The van der Waals surface area contributed by atoms with Gasteiger partial charge in [-0.15, -0.1) is 0 Å². The second-order valence-electron chi connectivity index (χ2n) is 4.30. The minimum absolute atomic E-state index is 0.258. The molecule has 0 radical (unpaired) electrons. The van der Waals surface area contributed by atoms with E-state index in [1.54, 1.807) is 0 Å². The second-order valence-corrected chi connectivity index (χ2v) is 4.30. The fourth-order valence-corrected chi connectivity index (χ4v) is 2.26. The van der Waals surface area contributed by atoms with E-state index in [9.17, 15) is 8.78 Å². The van der Waals surface area contributed by atoms with Crippen molar-refractivity contribution in [3.05, 3.63) is 23.9 Å². The number of likely N-dealkylation sites (N-methyl/N-ethyl adjacent to an activating group) is 1. The average Bonchev–Trinajstić information content (AvgIpc) is 2.29. The third-order valence-electron chi connectivity index (χ3n) is 3.00. The van der Waals surface area contributed by atoms with Gasteiger partial charge in [0.2, 0.25) is 0 Å². The number of pyridine rings is 1. The Balaban J connectivity index is 2.10. The first kappa shape index (κ1) is 12.2. The number of halogens is 2. The van der Waals surface area contributed by atoms with Gasteiger partial charge < -0.3 is 10.2 Å². The molecule has 1 fully saturated rings. The van der Waals surface area contributed by atoms with E-state index in [1.807, 2.05) is 4.90 Å². The summed E-state index contributed by atoms with van der Waals surface area (Å²) in [5.74, 6) is -0.956. The van der Waals surface area contributed by atoms with E-state index in [0.717, 1.165) is 44.7 Å². The Morgan fingerprint density at radius 2 is 2.35 bits per heavy atom. The van der Waals surface area contributed by atoms with Crippen LogP contribution in [0.4, 0.5) is 14.6 Å². The van der Waals surface area contributed by atoms with Gasteiger partial charge in [-0.05, 0) is 19.4 Å². The van der Waals surface area contributed by atoms with Crippen molar-refractivity contribution >= 4 is 5.82 Å². The zero-order valence-electron chi connectivity index (χ0n) is 9.92. The van der Waals surface area contributed by atoms with E-state index in [2.05, 4.69) is 17.2 Å². The SMILES string of the molecule is CCNC1CCCN(c2ncc(F)cc2F)C1. The predicted octanol–water partition coefficient (Wildman–Crippen LogP) is 1.94. The molecular weight excluding hydrogens is 224 g/mol. The molecule has 1 N–H and O–H groups in total. The molecule has 1 unspecified atom stereocenters. The van der Waals surface area contributed by atoms with Gasteiger partial charge in [0, 0.05) is 25.2 Å². The molecule has 0 aliphatic carbocycles. The van der Waals surface area contributed by atoms with E-state index >= 15 is 0 Å². The van der Waals surface area contributed by atoms with Gasteiger partial charge in [0.05, 0.1) is 6.20 Å². The number of nitrogens with zero attached hydrogens (tertiary/aromatic N) is 2. The van der Waals surface area contributed by atoms with Crippen LogP contribution in [0.3, 0.4) is 0 Å². The first-order chi connectivity index (χ1) is 8.20. The van der Waals surface area contributed by atoms with E-state index < -0.39 is 11.6 Å². The van der Waals surface area contributed by atoms with Crippen LogP contribution in [-0.4, -0.2) is 30.7 Å². The van der Waals surface area contributed by atoms with Crippen molar-refractivity contribution in [2.75, 3.05) is 24.5 Å². The number of hydrogen-bond acceptors (Lipinski definition) is 3. The highest BCUT2D eigenvalue weighted by Gasteiger charge is 2.22. The summed E-state index contributed by atoms with van der Waals surface area (Å²) in [6, 6.07) is 1.25. The lowest BCUT2D eigenvalue weighted by Crippen LogP contribution is -2.46. The van der Waals surface area contributed by atoms with Gasteiger partial charge in [0.1, 0.15) is 5.82 Å². The van der Waals surface area contributed by atoms with E-state index in [0.29, 0.717) is 6.04 Å². The molecule has 3 nitrogen and oxygen atoms in total. The van der Waals surface area contributed by atoms with Crippen molar-refractivity contribution in [3.63, 3.8) is 0 Å². The Morgan fingerprint density at radius 1 is 1.53 bits per heavy atom. The maximum absolute atomic E-state index is 13.6. The maximum Gasteiger partial charge on any atom is 0.168 e. The number of anilines is 1. The number of nitrogens with one attached hydrogen (secondary N) is 1. The normalized spacial score (nSPS) is 20.6. The van der Waals surface area contributed by atoms with Crippen molar-refractivity contribution in [1.82, 2.24) is 10.3 Å². The van der Waals surface area contributed by atoms with Gasteiger partial charge in [-0.25, -0.2) is 13.8 Å². The van der Waals surface area contributed by atoms with Crippen molar-refractivity contribution in [1.29, 1.82) is 0 Å². The molecule has 0 bridgehead atoms. The summed E-state index contributed by atoms with van der Waals surface area (Å²) in [4.78, 5) is 5.72. The first-order valence-corrected chi connectivity index (χ1v) is 6.00. The molecule has 1 aliphatic heterocycles. The molecule has 17 heavy (non-hydrogen) atoms. The number of rotatable bonds is 3. The molecule has 0 amide bonds. The van der Waals surface area contributed by atoms with Crippen LogP contribution < -0.4 is 10.2 Å². The molecule has 0 saturated carbocycles. The Hall–Kier alpha value is -1.23. The van der Waals surface area contributed by atoms with E-state index in [-0.39, 0.29) is 5.82 Å². The van der Waals surface area contributed by atoms with Crippen LogP contribution in [0.2, 0.25) is 0 Å². The standard InChI is InChI=1S/C12H17F2N3/c1-2-15-10-4-3-5-17(8-10)12-11(14)6-9(13)7-16-12/h6-7,10,15H,2-5,8H2,1H3. The summed E-state index contributed by atoms with van der Waals surface area (Å²) in [6.07, 6.45) is 3.15. The maximum atomic E-state index is 13.6. The van der Waals surface area contributed by atoms with Gasteiger partial charge in [0.15, 0.2) is 11.6 Å². The molecule has 94 valence electrons. The van der Waals surface area contributed by atoms with Gasteiger partial charge in [-0.2, -0.15) is 0 Å². The highest BCUT2D eigenvalue weighted by atomic mass is 19.1. The molecule has 2 heterocycles. The predicted molar refractivity (Wildman–Crippen MR) is 63.1 cm³/mol. The summed E-state index contributed by atoms with van der Waals surface area (Å²) in [5.41, 5.74) is 0. The van der Waals surface area contributed by atoms with Crippen LogP contribution in [0.15, 0.2) is 12.3 Å². The topological polar surface area (TPSA) is 28.2 Å². The second kappa shape index (κ2) is 5.40.